The Morgan fingerprint density at radius 2 is 2.00 bits per heavy atom. The smallest absolute Gasteiger partial charge is 0.137 e. The van der Waals surface area contributed by atoms with Gasteiger partial charge in [-0.05, 0) is 25.0 Å². The summed E-state index contributed by atoms with van der Waals surface area (Å²) < 4.78 is 5.48. The highest BCUT2D eigenvalue weighted by atomic mass is 32.2. The molecule has 0 unspecified atom stereocenters. The summed E-state index contributed by atoms with van der Waals surface area (Å²) in [7, 11) is 1.61. The van der Waals surface area contributed by atoms with Crippen LogP contribution in [0.2, 0.25) is 0 Å². The maximum Gasteiger partial charge on any atom is 0.137 e. The molecule has 0 aliphatic carbocycles. The minimum Gasteiger partial charge on any atom is -0.495 e. The second-order valence-electron chi connectivity index (χ2n) is 6.96. The van der Waals surface area contributed by atoms with Crippen LogP contribution < -0.4 is 4.74 Å². The van der Waals surface area contributed by atoms with Crippen molar-refractivity contribution in [2.45, 2.75) is 50.0 Å². The highest BCUT2D eigenvalue weighted by Crippen LogP contribution is 2.40. The van der Waals surface area contributed by atoms with Gasteiger partial charge in [-0.1, -0.05) is 57.0 Å². The molecule has 3 nitrogen and oxygen atoms in total. The molecule has 0 amide bonds. The second kappa shape index (κ2) is 8.63. The zero-order valence-corrected chi connectivity index (χ0v) is 17.1. The van der Waals surface area contributed by atoms with Crippen molar-refractivity contribution >= 4 is 17.5 Å². The zero-order chi connectivity index (χ0) is 19.3. The van der Waals surface area contributed by atoms with Crippen molar-refractivity contribution in [1.29, 1.82) is 5.26 Å². The molecule has 27 heavy (non-hydrogen) atoms. The van der Waals surface area contributed by atoms with Crippen LogP contribution in [0.15, 0.2) is 52.4 Å². The molecule has 0 bridgehead atoms. The Bertz CT molecular complexity index is 870. The summed E-state index contributed by atoms with van der Waals surface area (Å²) in [5.41, 5.74) is 3.69. The van der Waals surface area contributed by atoms with Crippen LogP contribution in [-0.4, -0.2) is 24.1 Å². The lowest BCUT2D eigenvalue weighted by Gasteiger charge is -2.28. The van der Waals surface area contributed by atoms with Gasteiger partial charge < -0.3 is 4.74 Å². The van der Waals surface area contributed by atoms with Gasteiger partial charge >= 0.3 is 0 Å². The maximum atomic E-state index is 9.50. The fraction of sp³-hybridized carbons (Fsp3) is 0.391. The topological polar surface area (TPSA) is 45.4 Å². The molecule has 2 aromatic carbocycles. The van der Waals surface area contributed by atoms with E-state index < -0.39 is 0 Å². The molecule has 1 heterocycles. The summed E-state index contributed by atoms with van der Waals surface area (Å²) in [5, 5.41) is 9.50. The third kappa shape index (κ3) is 4.04. The number of methoxy groups -OCH3 is 1. The predicted molar refractivity (Wildman–Crippen MR) is 113 cm³/mol. The van der Waals surface area contributed by atoms with E-state index in [1.54, 1.807) is 7.11 Å². The minimum atomic E-state index is -0.0785. The lowest BCUT2D eigenvalue weighted by Crippen LogP contribution is -2.29. The molecule has 0 fully saturated rings. The molecule has 4 heteroatoms. The first-order valence-corrected chi connectivity index (χ1v) is 10.6. The Hall–Kier alpha value is -2.25. The molecule has 0 radical (unpaired) electrons. The second-order valence-corrected chi connectivity index (χ2v) is 7.97. The monoisotopic (exact) mass is 378 g/mol. The van der Waals surface area contributed by atoms with E-state index >= 15 is 0 Å². The van der Waals surface area contributed by atoms with Crippen molar-refractivity contribution in [3.8, 4) is 11.8 Å². The van der Waals surface area contributed by atoms with E-state index in [4.69, 9.17) is 9.73 Å². The summed E-state index contributed by atoms with van der Waals surface area (Å²) in [6.07, 6.45) is 4.43. The number of hydrogen-bond acceptors (Lipinski definition) is 4. The van der Waals surface area contributed by atoms with E-state index in [1.165, 1.54) is 12.8 Å². The lowest BCUT2D eigenvalue weighted by molar-refractivity contribution is 0.412. The molecule has 3 rings (SSSR count). The molecule has 0 saturated heterocycles. The van der Waals surface area contributed by atoms with Crippen LogP contribution in [0.5, 0.6) is 5.75 Å². The first-order valence-electron chi connectivity index (χ1n) is 9.57. The van der Waals surface area contributed by atoms with E-state index in [2.05, 4.69) is 44.2 Å². The summed E-state index contributed by atoms with van der Waals surface area (Å²) in [5.74, 6) is 1.54. The number of nitriles is 1. The normalized spacial score (nSPS) is 18.8. The average Bonchev–Trinajstić information content (AvgIpc) is 2.89. The van der Waals surface area contributed by atoms with Gasteiger partial charge in [-0.2, -0.15) is 5.26 Å². The van der Waals surface area contributed by atoms with Crippen LogP contribution in [0, 0.1) is 11.3 Å². The number of rotatable bonds is 6. The highest BCUT2D eigenvalue weighted by Gasteiger charge is 2.32. The molecule has 2 aromatic rings. The average molecular weight is 379 g/mol. The van der Waals surface area contributed by atoms with E-state index in [0.29, 0.717) is 11.3 Å². The van der Waals surface area contributed by atoms with Gasteiger partial charge in [0.05, 0.1) is 23.9 Å². The number of hydrogen-bond donors (Lipinski definition) is 0. The molecular weight excluding hydrogens is 352 g/mol. The number of thioether (sulfide) groups is 1. The zero-order valence-electron chi connectivity index (χ0n) is 16.3. The summed E-state index contributed by atoms with van der Waals surface area (Å²) >= 11 is 1.82. The number of nitrogens with zero attached hydrogens (tertiary/aromatic N) is 2. The van der Waals surface area contributed by atoms with E-state index in [0.717, 1.165) is 40.3 Å². The minimum absolute atomic E-state index is 0.0785. The molecule has 140 valence electrons. The Morgan fingerprint density at radius 1 is 1.22 bits per heavy atom. The highest BCUT2D eigenvalue weighted by molar-refractivity contribution is 7.99. The molecule has 0 saturated carbocycles. The van der Waals surface area contributed by atoms with Gasteiger partial charge in [-0.3, -0.25) is 4.99 Å². The summed E-state index contributed by atoms with van der Waals surface area (Å²) in [6.45, 7) is 4.47. The van der Waals surface area contributed by atoms with Gasteiger partial charge in [-0.25, -0.2) is 0 Å². The van der Waals surface area contributed by atoms with Gasteiger partial charge in [0.15, 0.2) is 0 Å². The van der Waals surface area contributed by atoms with Crippen molar-refractivity contribution in [2.24, 2.45) is 4.99 Å². The van der Waals surface area contributed by atoms with E-state index in [-0.39, 0.29) is 5.54 Å². The first-order chi connectivity index (χ1) is 13.2. The fourth-order valence-corrected chi connectivity index (χ4v) is 4.82. The molecular formula is C23H26N2OS. The van der Waals surface area contributed by atoms with Crippen LogP contribution >= 0.6 is 11.8 Å². The molecule has 1 atom stereocenters. The number of unbranched alkanes of at least 4 members (excludes halogenated alkanes) is 1. The van der Waals surface area contributed by atoms with Crippen molar-refractivity contribution in [3.05, 3.63) is 59.2 Å². The van der Waals surface area contributed by atoms with Crippen molar-refractivity contribution < 1.29 is 4.74 Å². The quantitative estimate of drug-likeness (QED) is 0.633. The van der Waals surface area contributed by atoms with Gasteiger partial charge in [0.25, 0.3) is 0 Å². The van der Waals surface area contributed by atoms with Gasteiger partial charge in [0.1, 0.15) is 11.8 Å². The van der Waals surface area contributed by atoms with E-state index in [1.807, 2.05) is 30.0 Å². The van der Waals surface area contributed by atoms with Gasteiger partial charge in [0.2, 0.25) is 0 Å². The molecule has 1 aliphatic rings. The Labute approximate surface area is 166 Å². The number of benzene rings is 2. The first kappa shape index (κ1) is 19.5. The molecule has 0 spiro atoms. The standard InChI is InChI=1S/C23H26N2OS/c1-4-6-12-23(5-2)16-27-21-13-18(15-24)20(26-3)14-19(21)22(25-23)17-10-8-7-9-11-17/h7-11,13-14H,4-6,12,16H2,1-3H3/t23-/m1/s1. The third-order valence-corrected chi connectivity index (χ3v) is 6.55. The maximum absolute atomic E-state index is 9.50. The Kier molecular flexibility index (Phi) is 6.23. The van der Waals surface area contributed by atoms with Gasteiger partial charge in [0, 0.05) is 21.8 Å². The fourth-order valence-electron chi connectivity index (χ4n) is 3.47. The Morgan fingerprint density at radius 3 is 2.63 bits per heavy atom. The van der Waals surface area contributed by atoms with Crippen LogP contribution in [0.4, 0.5) is 0 Å². The van der Waals surface area contributed by atoms with Crippen LogP contribution in [0.3, 0.4) is 0 Å². The van der Waals surface area contributed by atoms with Crippen molar-refractivity contribution in [3.63, 3.8) is 0 Å². The SMILES string of the molecule is CCCC[C@]1(CC)CSc2cc(C#N)c(OC)cc2C(c2ccccc2)=N1. The number of ether oxygens (including phenoxy) is 1. The van der Waals surface area contributed by atoms with Crippen molar-refractivity contribution in [1.82, 2.24) is 0 Å². The molecule has 0 aromatic heterocycles. The molecule has 0 N–H and O–H groups in total. The van der Waals surface area contributed by atoms with E-state index in [9.17, 15) is 5.26 Å². The molecule has 1 aliphatic heterocycles. The number of fused-ring (bicyclic) bond motifs is 1. The van der Waals surface area contributed by atoms with Crippen LogP contribution in [0.1, 0.15) is 56.2 Å². The van der Waals surface area contributed by atoms with Crippen molar-refractivity contribution in [2.75, 3.05) is 12.9 Å². The summed E-state index contributed by atoms with van der Waals surface area (Å²) in [6, 6.07) is 16.6. The Balaban J connectivity index is 2.21. The lowest BCUT2D eigenvalue weighted by atomic mass is 9.91. The summed E-state index contributed by atoms with van der Waals surface area (Å²) in [4.78, 5) is 6.48. The third-order valence-electron chi connectivity index (χ3n) is 5.22. The largest absolute Gasteiger partial charge is 0.495 e. The predicted octanol–water partition coefficient (Wildman–Crippen LogP) is 5.85. The van der Waals surface area contributed by atoms with Crippen LogP contribution in [0.25, 0.3) is 0 Å². The number of aliphatic imine (C=N–C) groups is 1. The van der Waals surface area contributed by atoms with Crippen LogP contribution in [-0.2, 0) is 0 Å². The van der Waals surface area contributed by atoms with Gasteiger partial charge in [-0.15, -0.1) is 11.8 Å².